The third-order valence-electron chi connectivity index (χ3n) is 2.01. The predicted molar refractivity (Wildman–Crippen MR) is 57.9 cm³/mol. The lowest BCUT2D eigenvalue weighted by Crippen LogP contribution is -2.11. The van der Waals surface area contributed by atoms with E-state index in [2.05, 4.69) is 10.2 Å². The summed E-state index contributed by atoms with van der Waals surface area (Å²) in [5, 5.41) is 8.02. The van der Waals surface area contributed by atoms with Crippen LogP contribution in [-0.2, 0) is 0 Å². The molecule has 1 aromatic rings. The van der Waals surface area contributed by atoms with Crippen LogP contribution in [0.25, 0.3) is 0 Å². The molecule has 0 amide bonds. The minimum Gasteiger partial charge on any atom is -0.321 e. The number of hydrogen-bond donors (Lipinski definition) is 1. The van der Waals surface area contributed by atoms with E-state index in [1.165, 1.54) is 5.57 Å². The average Bonchev–Trinajstić information content (AvgIpc) is 2.08. The van der Waals surface area contributed by atoms with E-state index in [-0.39, 0.29) is 6.04 Å². The zero-order valence-electron chi connectivity index (χ0n) is 9.20. The van der Waals surface area contributed by atoms with Gasteiger partial charge in [-0.1, -0.05) is 11.6 Å². The first-order valence-corrected chi connectivity index (χ1v) is 4.72. The van der Waals surface area contributed by atoms with E-state index in [4.69, 9.17) is 5.73 Å². The molecule has 0 radical (unpaired) electrons. The first-order chi connectivity index (χ1) is 6.50. The van der Waals surface area contributed by atoms with Crippen LogP contribution in [0.4, 0.5) is 0 Å². The van der Waals surface area contributed by atoms with Crippen molar-refractivity contribution in [2.75, 3.05) is 0 Å². The van der Waals surface area contributed by atoms with Crippen LogP contribution in [0.3, 0.4) is 0 Å². The molecule has 1 aromatic heterocycles. The number of rotatable bonds is 2. The van der Waals surface area contributed by atoms with Crippen molar-refractivity contribution in [1.82, 2.24) is 10.2 Å². The van der Waals surface area contributed by atoms with Crippen molar-refractivity contribution in [1.29, 1.82) is 0 Å². The molecule has 0 fully saturated rings. The Balaban J connectivity index is 3.05. The minimum absolute atomic E-state index is 0.0748. The second kappa shape index (κ2) is 4.33. The molecular formula is C11H17N3. The number of nitrogens with zero attached hydrogens (tertiary/aromatic N) is 2. The summed E-state index contributed by atoms with van der Waals surface area (Å²) in [6.07, 6.45) is 2.03. The summed E-state index contributed by atoms with van der Waals surface area (Å²) < 4.78 is 0. The highest BCUT2D eigenvalue weighted by Gasteiger charge is 2.07. The topological polar surface area (TPSA) is 51.8 Å². The molecule has 2 N–H and O–H groups in total. The first-order valence-electron chi connectivity index (χ1n) is 4.72. The zero-order chi connectivity index (χ0) is 10.7. The highest BCUT2D eigenvalue weighted by atomic mass is 15.1. The summed E-state index contributed by atoms with van der Waals surface area (Å²) >= 11 is 0. The third kappa shape index (κ3) is 2.64. The van der Waals surface area contributed by atoms with Crippen LogP contribution >= 0.6 is 0 Å². The largest absolute Gasteiger partial charge is 0.321 e. The Morgan fingerprint density at radius 1 is 1.36 bits per heavy atom. The van der Waals surface area contributed by atoms with E-state index < -0.39 is 0 Å². The van der Waals surface area contributed by atoms with Gasteiger partial charge in [0.05, 0.1) is 17.4 Å². The molecule has 76 valence electrons. The number of aryl methyl sites for hydroxylation is 2. The molecule has 0 aromatic carbocycles. The summed E-state index contributed by atoms with van der Waals surface area (Å²) in [6.45, 7) is 7.93. The van der Waals surface area contributed by atoms with E-state index >= 15 is 0 Å². The smallest absolute Gasteiger partial charge is 0.0651 e. The average molecular weight is 191 g/mol. The Hall–Kier alpha value is -1.22. The van der Waals surface area contributed by atoms with Crippen molar-refractivity contribution in [3.63, 3.8) is 0 Å². The van der Waals surface area contributed by atoms with Crippen LogP contribution in [0, 0.1) is 13.8 Å². The Labute approximate surface area is 85.0 Å². The summed E-state index contributed by atoms with van der Waals surface area (Å²) in [4.78, 5) is 0. The number of allylic oxidation sites excluding steroid dienone is 1. The van der Waals surface area contributed by atoms with Gasteiger partial charge in [0, 0.05) is 0 Å². The van der Waals surface area contributed by atoms with E-state index in [1.807, 2.05) is 39.8 Å². The van der Waals surface area contributed by atoms with E-state index in [0.717, 1.165) is 17.0 Å². The van der Waals surface area contributed by atoms with Crippen LogP contribution in [0.15, 0.2) is 17.7 Å². The van der Waals surface area contributed by atoms with Gasteiger partial charge in [-0.2, -0.15) is 10.2 Å². The van der Waals surface area contributed by atoms with Gasteiger partial charge < -0.3 is 5.73 Å². The summed E-state index contributed by atoms with van der Waals surface area (Å²) in [6, 6.07) is 1.92. The molecule has 1 unspecified atom stereocenters. The Morgan fingerprint density at radius 2 is 2.00 bits per heavy atom. The monoisotopic (exact) mass is 191 g/mol. The van der Waals surface area contributed by atoms with Gasteiger partial charge in [0.1, 0.15) is 0 Å². The van der Waals surface area contributed by atoms with Crippen molar-refractivity contribution in [2.24, 2.45) is 5.73 Å². The van der Waals surface area contributed by atoms with Crippen molar-refractivity contribution in [3.8, 4) is 0 Å². The van der Waals surface area contributed by atoms with Gasteiger partial charge in [0.25, 0.3) is 0 Å². The molecular weight excluding hydrogens is 174 g/mol. The summed E-state index contributed by atoms with van der Waals surface area (Å²) in [7, 11) is 0. The van der Waals surface area contributed by atoms with Gasteiger partial charge in [-0.15, -0.1) is 0 Å². The molecule has 1 atom stereocenters. The molecule has 0 bridgehead atoms. The second-order valence-corrected chi connectivity index (χ2v) is 3.80. The molecule has 14 heavy (non-hydrogen) atoms. The second-order valence-electron chi connectivity index (χ2n) is 3.80. The fourth-order valence-corrected chi connectivity index (χ4v) is 1.36. The van der Waals surface area contributed by atoms with Gasteiger partial charge in [-0.05, 0) is 39.3 Å². The summed E-state index contributed by atoms with van der Waals surface area (Å²) in [5.41, 5.74) is 10.1. The van der Waals surface area contributed by atoms with Gasteiger partial charge >= 0.3 is 0 Å². The quantitative estimate of drug-likeness (QED) is 0.728. The lowest BCUT2D eigenvalue weighted by Gasteiger charge is -2.10. The van der Waals surface area contributed by atoms with Crippen LogP contribution < -0.4 is 5.73 Å². The van der Waals surface area contributed by atoms with E-state index in [0.29, 0.717) is 0 Å². The first kappa shape index (κ1) is 10.9. The third-order valence-corrected chi connectivity index (χ3v) is 2.01. The fourth-order valence-electron chi connectivity index (χ4n) is 1.36. The molecule has 0 saturated carbocycles. The van der Waals surface area contributed by atoms with Gasteiger partial charge in [0.2, 0.25) is 0 Å². The predicted octanol–water partition coefficient (Wildman–Crippen LogP) is 2.06. The van der Waals surface area contributed by atoms with Gasteiger partial charge in [0.15, 0.2) is 0 Å². The van der Waals surface area contributed by atoms with Crippen LogP contribution in [0.1, 0.15) is 36.8 Å². The van der Waals surface area contributed by atoms with Crippen molar-refractivity contribution >= 4 is 0 Å². The fraction of sp³-hybridized carbons (Fsp3) is 0.455. The maximum Gasteiger partial charge on any atom is 0.0651 e. The number of aromatic nitrogens is 2. The van der Waals surface area contributed by atoms with Gasteiger partial charge in [-0.25, -0.2) is 0 Å². The Morgan fingerprint density at radius 3 is 2.57 bits per heavy atom. The highest BCUT2D eigenvalue weighted by Crippen LogP contribution is 2.16. The minimum atomic E-state index is -0.0748. The molecule has 3 heteroatoms. The van der Waals surface area contributed by atoms with Gasteiger partial charge in [-0.3, -0.25) is 0 Å². The van der Waals surface area contributed by atoms with Crippen LogP contribution in [-0.4, -0.2) is 10.2 Å². The maximum absolute atomic E-state index is 6.02. The van der Waals surface area contributed by atoms with Crippen molar-refractivity contribution in [3.05, 3.63) is 34.7 Å². The number of hydrogen-bond acceptors (Lipinski definition) is 3. The van der Waals surface area contributed by atoms with Crippen molar-refractivity contribution < 1.29 is 0 Å². The molecule has 0 saturated heterocycles. The zero-order valence-corrected chi connectivity index (χ0v) is 9.20. The maximum atomic E-state index is 6.02. The highest BCUT2D eigenvalue weighted by molar-refractivity contribution is 5.27. The van der Waals surface area contributed by atoms with Crippen LogP contribution in [0.5, 0.6) is 0 Å². The SMILES string of the molecule is CC(C)=CC(N)c1cc(C)nnc1C. The molecule has 1 rings (SSSR count). The molecule has 1 heterocycles. The van der Waals surface area contributed by atoms with Crippen molar-refractivity contribution in [2.45, 2.75) is 33.7 Å². The molecule has 0 spiro atoms. The Bertz CT molecular complexity index is 352. The Kier molecular flexibility index (Phi) is 3.36. The van der Waals surface area contributed by atoms with Crippen LogP contribution in [0.2, 0.25) is 0 Å². The molecule has 0 aliphatic heterocycles. The molecule has 0 aliphatic rings. The standard InChI is InChI=1S/C11H17N3/c1-7(2)5-11(12)10-6-8(3)13-14-9(10)4/h5-6,11H,12H2,1-4H3. The lowest BCUT2D eigenvalue weighted by atomic mass is 10.0. The number of nitrogens with two attached hydrogens (primary N) is 1. The van der Waals surface area contributed by atoms with E-state index in [9.17, 15) is 0 Å². The molecule has 3 nitrogen and oxygen atoms in total. The normalized spacial score (nSPS) is 12.4. The van der Waals surface area contributed by atoms with E-state index in [1.54, 1.807) is 0 Å². The lowest BCUT2D eigenvalue weighted by molar-refractivity contribution is 0.830. The summed E-state index contributed by atoms with van der Waals surface area (Å²) in [5.74, 6) is 0. The molecule has 0 aliphatic carbocycles.